The minimum atomic E-state index is -4.47. The molecule has 0 aliphatic heterocycles. The van der Waals surface area contributed by atoms with E-state index in [-0.39, 0.29) is 29.1 Å². The highest BCUT2D eigenvalue weighted by molar-refractivity contribution is 9.10. The summed E-state index contributed by atoms with van der Waals surface area (Å²) in [5, 5.41) is 2.39. The minimum Gasteiger partial charge on any atom is -0.330 e. The lowest BCUT2D eigenvalue weighted by Crippen LogP contribution is -2.26. The molecular formula is C11H13BrClF3N2O. The molecule has 0 bridgehead atoms. The van der Waals surface area contributed by atoms with Crippen LogP contribution in [-0.4, -0.2) is 12.5 Å². The number of carbonyl (C=O) groups is 1. The lowest BCUT2D eigenvalue weighted by molar-refractivity contribution is -0.138. The van der Waals surface area contributed by atoms with Crippen LogP contribution in [0.4, 0.5) is 18.9 Å². The van der Waals surface area contributed by atoms with E-state index in [0.29, 0.717) is 0 Å². The molecule has 0 saturated carbocycles. The Hall–Kier alpha value is -0.790. The number of nitrogens with two attached hydrogens (primary N) is 1. The number of rotatable bonds is 3. The molecule has 0 aliphatic rings. The standard InChI is InChI=1S/C11H12BrF3N2O.ClH/c1-6(5-16)10(18)17-7-2-3-9(12)8(4-7)11(13,14)15;/h2-4,6H,5,16H2,1H3,(H,17,18);1H. The first-order valence-corrected chi connectivity index (χ1v) is 5.92. The summed E-state index contributed by atoms with van der Waals surface area (Å²) >= 11 is 2.82. The summed E-state index contributed by atoms with van der Waals surface area (Å²) in [5.74, 6) is -0.865. The van der Waals surface area contributed by atoms with E-state index in [9.17, 15) is 18.0 Å². The van der Waals surface area contributed by atoms with E-state index >= 15 is 0 Å². The number of hydrogen-bond acceptors (Lipinski definition) is 2. The first-order valence-electron chi connectivity index (χ1n) is 5.13. The molecule has 1 atom stereocenters. The predicted octanol–water partition coefficient (Wildman–Crippen LogP) is 3.42. The fourth-order valence-electron chi connectivity index (χ4n) is 1.19. The third-order valence-electron chi connectivity index (χ3n) is 2.34. The van der Waals surface area contributed by atoms with Crippen LogP contribution in [0.3, 0.4) is 0 Å². The molecule has 0 fully saturated rings. The zero-order valence-electron chi connectivity index (χ0n) is 9.92. The highest BCUT2D eigenvalue weighted by Crippen LogP contribution is 2.36. The maximum Gasteiger partial charge on any atom is 0.417 e. The lowest BCUT2D eigenvalue weighted by Gasteiger charge is -2.13. The number of hydrogen-bond donors (Lipinski definition) is 2. The molecule has 0 spiro atoms. The quantitative estimate of drug-likeness (QED) is 0.867. The van der Waals surface area contributed by atoms with E-state index in [2.05, 4.69) is 21.2 Å². The van der Waals surface area contributed by atoms with Crippen LogP contribution >= 0.6 is 28.3 Å². The van der Waals surface area contributed by atoms with Gasteiger partial charge in [0.25, 0.3) is 0 Å². The molecule has 3 N–H and O–H groups in total. The summed E-state index contributed by atoms with van der Waals surface area (Å²) in [5.41, 5.74) is 4.56. The van der Waals surface area contributed by atoms with Gasteiger partial charge in [0.2, 0.25) is 5.91 Å². The highest BCUT2D eigenvalue weighted by atomic mass is 79.9. The lowest BCUT2D eigenvalue weighted by atomic mass is 10.1. The Balaban J connectivity index is 0.00000324. The molecule has 0 heterocycles. The van der Waals surface area contributed by atoms with Crippen LogP contribution in [0.5, 0.6) is 0 Å². The van der Waals surface area contributed by atoms with E-state index < -0.39 is 23.6 Å². The van der Waals surface area contributed by atoms with Crippen molar-refractivity contribution in [3.8, 4) is 0 Å². The van der Waals surface area contributed by atoms with Crippen molar-refractivity contribution in [2.75, 3.05) is 11.9 Å². The van der Waals surface area contributed by atoms with Gasteiger partial charge >= 0.3 is 6.18 Å². The Morgan fingerprint density at radius 2 is 2.05 bits per heavy atom. The van der Waals surface area contributed by atoms with Gasteiger partial charge in [-0.1, -0.05) is 22.9 Å². The molecule has 1 aromatic carbocycles. The summed E-state index contributed by atoms with van der Waals surface area (Å²) in [6, 6.07) is 3.51. The average molecular weight is 362 g/mol. The van der Waals surface area contributed by atoms with Gasteiger partial charge in [-0.15, -0.1) is 12.4 Å². The van der Waals surface area contributed by atoms with Gasteiger partial charge in [0, 0.05) is 22.6 Å². The molecule has 0 aromatic heterocycles. The first kappa shape index (κ1) is 18.2. The molecule has 0 saturated heterocycles. The summed E-state index contributed by atoms with van der Waals surface area (Å²) in [7, 11) is 0. The van der Waals surface area contributed by atoms with Crippen molar-refractivity contribution in [2.24, 2.45) is 11.7 Å². The number of nitrogens with one attached hydrogen (secondary N) is 1. The van der Waals surface area contributed by atoms with Crippen LogP contribution < -0.4 is 11.1 Å². The van der Waals surface area contributed by atoms with Crippen molar-refractivity contribution in [3.63, 3.8) is 0 Å². The number of halogens is 5. The highest BCUT2D eigenvalue weighted by Gasteiger charge is 2.33. The van der Waals surface area contributed by atoms with Crippen molar-refractivity contribution in [3.05, 3.63) is 28.2 Å². The normalized spacial score (nSPS) is 12.5. The molecule has 0 aliphatic carbocycles. The molecule has 1 rings (SSSR count). The second-order valence-electron chi connectivity index (χ2n) is 3.82. The van der Waals surface area contributed by atoms with Gasteiger partial charge < -0.3 is 11.1 Å². The predicted molar refractivity (Wildman–Crippen MR) is 73.2 cm³/mol. The molecule has 0 radical (unpaired) electrons. The molecule has 19 heavy (non-hydrogen) atoms. The fraction of sp³-hybridized carbons (Fsp3) is 0.364. The Bertz CT molecular complexity index is 454. The molecule has 108 valence electrons. The third kappa shape index (κ3) is 5.00. The van der Waals surface area contributed by atoms with Gasteiger partial charge in [-0.2, -0.15) is 13.2 Å². The maximum atomic E-state index is 12.6. The molecular weight excluding hydrogens is 348 g/mol. The number of amides is 1. The van der Waals surface area contributed by atoms with Crippen molar-refractivity contribution >= 4 is 39.9 Å². The topological polar surface area (TPSA) is 55.1 Å². The van der Waals surface area contributed by atoms with Crippen molar-refractivity contribution in [1.82, 2.24) is 0 Å². The zero-order valence-corrected chi connectivity index (χ0v) is 12.3. The van der Waals surface area contributed by atoms with Crippen molar-refractivity contribution in [2.45, 2.75) is 13.1 Å². The van der Waals surface area contributed by atoms with Crippen LogP contribution in [0.1, 0.15) is 12.5 Å². The summed E-state index contributed by atoms with van der Waals surface area (Å²) in [6.07, 6.45) is -4.47. The van der Waals surface area contributed by atoms with E-state index in [1.165, 1.54) is 12.1 Å². The van der Waals surface area contributed by atoms with Gasteiger partial charge in [-0.3, -0.25) is 4.79 Å². The zero-order chi connectivity index (χ0) is 13.9. The van der Waals surface area contributed by atoms with Gasteiger partial charge in [0.1, 0.15) is 0 Å². The van der Waals surface area contributed by atoms with Gasteiger partial charge in [-0.05, 0) is 18.2 Å². The Morgan fingerprint density at radius 1 is 1.47 bits per heavy atom. The minimum absolute atomic E-state index is 0. The van der Waals surface area contributed by atoms with E-state index in [4.69, 9.17) is 5.73 Å². The second kappa shape index (κ2) is 7.12. The summed E-state index contributed by atoms with van der Waals surface area (Å²) in [4.78, 5) is 11.5. The Morgan fingerprint density at radius 3 is 2.53 bits per heavy atom. The SMILES string of the molecule is CC(CN)C(=O)Nc1ccc(Br)c(C(F)(F)F)c1.Cl. The third-order valence-corrected chi connectivity index (χ3v) is 3.03. The van der Waals surface area contributed by atoms with Crippen LogP contribution in [0.25, 0.3) is 0 Å². The van der Waals surface area contributed by atoms with Crippen LogP contribution in [0.2, 0.25) is 0 Å². The van der Waals surface area contributed by atoms with Crippen molar-refractivity contribution < 1.29 is 18.0 Å². The molecule has 3 nitrogen and oxygen atoms in total. The number of anilines is 1. The molecule has 8 heteroatoms. The average Bonchev–Trinajstić information content (AvgIpc) is 2.29. The smallest absolute Gasteiger partial charge is 0.330 e. The Labute approximate surface area is 123 Å². The number of carbonyl (C=O) groups excluding carboxylic acids is 1. The van der Waals surface area contributed by atoms with Crippen LogP contribution in [0, 0.1) is 5.92 Å². The van der Waals surface area contributed by atoms with E-state index in [0.717, 1.165) is 6.07 Å². The monoisotopic (exact) mass is 360 g/mol. The van der Waals surface area contributed by atoms with Crippen LogP contribution in [0.15, 0.2) is 22.7 Å². The van der Waals surface area contributed by atoms with Crippen molar-refractivity contribution in [1.29, 1.82) is 0 Å². The fourth-order valence-corrected chi connectivity index (χ4v) is 1.66. The molecule has 1 aromatic rings. The summed E-state index contributed by atoms with van der Waals surface area (Å²) in [6.45, 7) is 1.73. The second-order valence-corrected chi connectivity index (χ2v) is 4.67. The number of benzene rings is 1. The van der Waals surface area contributed by atoms with E-state index in [1.54, 1.807) is 6.92 Å². The number of alkyl halides is 3. The first-order chi connectivity index (χ1) is 8.25. The molecule has 1 amide bonds. The Kier molecular flexibility index (Phi) is 6.82. The van der Waals surface area contributed by atoms with Gasteiger partial charge in [-0.25, -0.2) is 0 Å². The van der Waals surface area contributed by atoms with Gasteiger partial charge in [0.05, 0.1) is 5.56 Å². The largest absolute Gasteiger partial charge is 0.417 e. The maximum absolute atomic E-state index is 12.6. The van der Waals surface area contributed by atoms with Crippen LogP contribution in [-0.2, 0) is 11.0 Å². The van der Waals surface area contributed by atoms with Gasteiger partial charge in [0.15, 0.2) is 0 Å². The van der Waals surface area contributed by atoms with E-state index in [1.807, 2.05) is 0 Å². The molecule has 1 unspecified atom stereocenters. The summed E-state index contributed by atoms with van der Waals surface area (Å²) < 4.78 is 37.8.